The summed E-state index contributed by atoms with van der Waals surface area (Å²) in [6, 6.07) is 9.13. The third-order valence-electron chi connectivity index (χ3n) is 5.09. The lowest BCUT2D eigenvalue weighted by Crippen LogP contribution is -2.35. The molecule has 2 unspecified atom stereocenters. The lowest BCUT2D eigenvalue weighted by Gasteiger charge is -2.24. The molecule has 2 N–H and O–H groups in total. The molecule has 13 heteroatoms. The van der Waals surface area contributed by atoms with Crippen molar-refractivity contribution in [1.29, 1.82) is 0 Å². The molecule has 1 fully saturated rings. The number of carbonyl (C=O) groups is 1. The highest BCUT2D eigenvalue weighted by Gasteiger charge is 2.47. The van der Waals surface area contributed by atoms with Gasteiger partial charge in [0, 0.05) is 12.3 Å². The maximum Gasteiger partial charge on any atom is 0.380 e. The Morgan fingerprint density at radius 2 is 1.91 bits per heavy atom. The second-order valence-electron chi connectivity index (χ2n) is 8.40. The highest BCUT2D eigenvalue weighted by Crippen LogP contribution is 2.50. The Balaban J connectivity index is 1.75. The number of rotatable bonds is 10. The van der Waals surface area contributed by atoms with Crippen LogP contribution >= 0.6 is 7.60 Å². The lowest BCUT2D eigenvalue weighted by atomic mass is 10.1. The molecule has 0 amide bonds. The second kappa shape index (κ2) is 11.3. The van der Waals surface area contributed by atoms with Crippen molar-refractivity contribution in [3.63, 3.8) is 0 Å². The number of aromatic amines is 1. The first-order valence-electron chi connectivity index (χ1n) is 11.0. The standard InChI is InChI=1S/C22H28FN2O9P/c1-13(2)32-21(28)14(3)12-35(30,34-15-7-5-4-6-8-15)31-11-16-19(27)18(23)20(33-16)25-10-9-17(26)24-22(25)29/h4-10,13-14,16,18-20,27H,11-12H2,1-3H3,(H,24,26,29)/t14-,16-,18?,19+,20-,35?/m1/s1. The lowest BCUT2D eigenvalue weighted by molar-refractivity contribution is -0.151. The van der Waals surface area contributed by atoms with Crippen LogP contribution in [0.2, 0.25) is 0 Å². The van der Waals surface area contributed by atoms with E-state index in [4.69, 9.17) is 18.5 Å². The first-order valence-corrected chi connectivity index (χ1v) is 12.7. The minimum atomic E-state index is -4.03. The maximum atomic E-state index is 14.8. The van der Waals surface area contributed by atoms with Crippen LogP contribution in [0.15, 0.2) is 52.2 Å². The van der Waals surface area contributed by atoms with Crippen molar-refractivity contribution in [2.75, 3.05) is 12.8 Å². The van der Waals surface area contributed by atoms with Crippen molar-refractivity contribution < 1.29 is 37.4 Å². The zero-order chi connectivity index (χ0) is 25.8. The van der Waals surface area contributed by atoms with E-state index in [2.05, 4.69) is 0 Å². The topological polar surface area (TPSA) is 146 Å². The zero-order valence-electron chi connectivity index (χ0n) is 19.4. The van der Waals surface area contributed by atoms with Gasteiger partial charge in [0.25, 0.3) is 5.56 Å². The number of aromatic nitrogens is 2. The molecule has 1 aliphatic heterocycles. The van der Waals surface area contributed by atoms with Crippen molar-refractivity contribution in [1.82, 2.24) is 9.55 Å². The Morgan fingerprint density at radius 1 is 1.23 bits per heavy atom. The molecule has 3 rings (SSSR count). The third-order valence-corrected chi connectivity index (χ3v) is 7.12. The van der Waals surface area contributed by atoms with Gasteiger partial charge < -0.3 is 19.1 Å². The third kappa shape index (κ3) is 6.88. The number of para-hydroxylation sites is 1. The van der Waals surface area contributed by atoms with Crippen molar-refractivity contribution in [3.05, 3.63) is 63.4 Å². The van der Waals surface area contributed by atoms with E-state index < -0.39 is 61.9 Å². The normalized spacial score (nSPS) is 24.6. The zero-order valence-corrected chi connectivity index (χ0v) is 20.3. The summed E-state index contributed by atoms with van der Waals surface area (Å²) in [7, 11) is -4.03. The van der Waals surface area contributed by atoms with Gasteiger partial charge in [-0.15, -0.1) is 0 Å². The number of nitrogens with zero attached hydrogens (tertiary/aromatic N) is 1. The van der Waals surface area contributed by atoms with Crippen LogP contribution in [-0.2, 0) is 23.4 Å². The average Bonchev–Trinajstić information content (AvgIpc) is 3.06. The van der Waals surface area contributed by atoms with E-state index in [1.165, 1.54) is 6.92 Å². The molecule has 1 saturated heterocycles. The number of alkyl halides is 1. The van der Waals surface area contributed by atoms with Gasteiger partial charge in [0.05, 0.1) is 24.8 Å². The number of aliphatic hydroxyl groups excluding tert-OH is 1. The summed E-state index contributed by atoms with van der Waals surface area (Å²) >= 11 is 0. The smallest absolute Gasteiger partial charge is 0.380 e. The molecule has 192 valence electrons. The van der Waals surface area contributed by atoms with Gasteiger partial charge in [-0.1, -0.05) is 25.1 Å². The number of esters is 1. The molecule has 0 bridgehead atoms. The molecular weight excluding hydrogens is 486 g/mol. The highest BCUT2D eigenvalue weighted by molar-refractivity contribution is 7.54. The van der Waals surface area contributed by atoms with E-state index in [0.29, 0.717) is 0 Å². The Morgan fingerprint density at radius 3 is 2.54 bits per heavy atom. The van der Waals surface area contributed by atoms with Crippen LogP contribution in [0.3, 0.4) is 0 Å². The first kappa shape index (κ1) is 26.8. The summed E-state index contributed by atoms with van der Waals surface area (Å²) in [6.45, 7) is 4.30. The van der Waals surface area contributed by atoms with Gasteiger partial charge in [0.2, 0.25) is 0 Å². The van der Waals surface area contributed by atoms with E-state index >= 15 is 0 Å². The Hall–Kier alpha value is -2.79. The minimum absolute atomic E-state index is 0.217. The second-order valence-corrected chi connectivity index (χ2v) is 10.4. The molecule has 11 nitrogen and oxygen atoms in total. The van der Waals surface area contributed by atoms with Crippen molar-refractivity contribution in [2.24, 2.45) is 5.92 Å². The van der Waals surface area contributed by atoms with Crippen LogP contribution in [0.5, 0.6) is 5.75 Å². The maximum absolute atomic E-state index is 14.8. The molecule has 0 spiro atoms. The van der Waals surface area contributed by atoms with Crippen molar-refractivity contribution in [3.8, 4) is 5.75 Å². The summed E-state index contributed by atoms with van der Waals surface area (Å²) in [5, 5.41) is 10.3. The van der Waals surface area contributed by atoms with E-state index in [1.807, 2.05) is 4.98 Å². The number of H-pyrrole nitrogens is 1. The summed E-state index contributed by atoms with van der Waals surface area (Å²) in [6.07, 6.45) is -6.32. The summed E-state index contributed by atoms with van der Waals surface area (Å²) in [4.78, 5) is 37.5. The Bertz CT molecular complexity index is 1170. The summed E-state index contributed by atoms with van der Waals surface area (Å²) in [5.41, 5.74) is -1.60. The largest absolute Gasteiger partial charge is 0.463 e. The van der Waals surface area contributed by atoms with Crippen LogP contribution in [0.4, 0.5) is 4.39 Å². The van der Waals surface area contributed by atoms with Gasteiger partial charge >= 0.3 is 19.3 Å². The monoisotopic (exact) mass is 514 g/mol. The first-order chi connectivity index (χ1) is 16.5. The van der Waals surface area contributed by atoms with Crippen LogP contribution in [0.25, 0.3) is 0 Å². The Kier molecular flexibility index (Phi) is 8.65. The number of hydrogen-bond acceptors (Lipinski definition) is 9. The molecule has 0 aliphatic carbocycles. The summed E-state index contributed by atoms with van der Waals surface area (Å²) < 4.78 is 50.9. The van der Waals surface area contributed by atoms with Crippen LogP contribution in [0.1, 0.15) is 27.0 Å². The fourth-order valence-corrected chi connectivity index (χ4v) is 5.27. The van der Waals surface area contributed by atoms with Gasteiger partial charge in [-0.25, -0.2) is 13.8 Å². The number of benzene rings is 1. The predicted molar refractivity (Wildman–Crippen MR) is 122 cm³/mol. The molecule has 1 aromatic carbocycles. The summed E-state index contributed by atoms with van der Waals surface area (Å²) in [5.74, 6) is -1.24. The number of nitrogens with one attached hydrogen (secondary N) is 1. The van der Waals surface area contributed by atoms with Crippen LogP contribution < -0.4 is 15.8 Å². The fraction of sp³-hybridized carbons (Fsp3) is 0.500. The number of halogens is 1. The molecule has 1 aliphatic rings. The molecule has 0 radical (unpaired) electrons. The minimum Gasteiger partial charge on any atom is -0.463 e. The molecule has 1 aromatic heterocycles. The number of ether oxygens (including phenoxy) is 2. The Labute approximate surface area is 200 Å². The van der Waals surface area contributed by atoms with Gasteiger partial charge in [-0.2, -0.15) is 0 Å². The van der Waals surface area contributed by atoms with Gasteiger partial charge in [0.15, 0.2) is 12.4 Å². The van der Waals surface area contributed by atoms with Gasteiger partial charge in [0.1, 0.15) is 18.0 Å². The SMILES string of the molecule is CC(C)OC(=O)[C@H](C)CP(=O)(OC[C@H]1O[C@@H](n2ccc(=O)[nH]c2=O)C(F)[C@H]1O)Oc1ccccc1. The average molecular weight is 514 g/mol. The van der Waals surface area contributed by atoms with Crippen molar-refractivity contribution in [2.45, 2.75) is 51.5 Å². The van der Waals surface area contributed by atoms with E-state index in [-0.39, 0.29) is 18.0 Å². The molecule has 35 heavy (non-hydrogen) atoms. The van der Waals surface area contributed by atoms with Crippen LogP contribution in [-0.4, -0.2) is 57.9 Å². The molecule has 2 heterocycles. The highest BCUT2D eigenvalue weighted by atomic mass is 31.2. The predicted octanol–water partition coefficient (Wildman–Crippen LogP) is 2.01. The van der Waals surface area contributed by atoms with Gasteiger partial charge in [-0.3, -0.25) is 23.7 Å². The van der Waals surface area contributed by atoms with Crippen molar-refractivity contribution >= 4 is 13.6 Å². The molecule has 2 aromatic rings. The number of carbonyl (C=O) groups excluding carboxylic acids is 1. The number of aliphatic hydroxyl groups is 1. The quantitative estimate of drug-likeness (QED) is 0.359. The van der Waals surface area contributed by atoms with E-state index in [1.54, 1.807) is 44.2 Å². The molecular formula is C22H28FN2O9P. The number of hydrogen-bond donors (Lipinski definition) is 2. The van der Waals surface area contributed by atoms with E-state index in [0.717, 1.165) is 16.8 Å². The van der Waals surface area contributed by atoms with Crippen LogP contribution in [0, 0.1) is 5.92 Å². The molecule has 0 saturated carbocycles. The van der Waals surface area contributed by atoms with E-state index in [9.17, 15) is 28.4 Å². The fourth-order valence-electron chi connectivity index (χ4n) is 3.40. The van der Waals surface area contributed by atoms with Gasteiger partial charge in [-0.05, 0) is 26.0 Å². The molecule has 6 atom stereocenters.